The molecule has 2 atom stereocenters. The summed E-state index contributed by atoms with van der Waals surface area (Å²) in [7, 11) is 0. The molecule has 8 heteroatoms. The number of nitro benzene ring substituents is 1. The summed E-state index contributed by atoms with van der Waals surface area (Å²) in [6.07, 6.45) is 0.372. The Hall–Kier alpha value is -2.32. The number of hydrogen-bond donors (Lipinski definition) is 1. The molecule has 2 heterocycles. The van der Waals surface area contributed by atoms with Crippen molar-refractivity contribution in [3.63, 3.8) is 0 Å². The number of carbonyl (C=O) groups is 1. The number of carbonyl (C=O) groups excluding carboxylic acids is 1. The number of nitro groups is 1. The Bertz CT molecular complexity index is 757. The van der Waals surface area contributed by atoms with Crippen molar-refractivity contribution in [2.75, 3.05) is 13.1 Å². The van der Waals surface area contributed by atoms with E-state index in [1.165, 1.54) is 23.5 Å². The number of likely N-dealkylation sites (tertiary alicyclic amines) is 1. The monoisotopic (exact) mass is 347 g/mol. The molecular formula is C16H17N3O4S. The van der Waals surface area contributed by atoms with E-state index in [1.54, 1.807) is 29.3 Å². The normalized spacial score (nSPS) is 18.6. The summed E-state index contributed by atoms with van der Waals surface area (Å²) in [5.41, 5.74) is 1.14. The molecule has 1 fully saturated rings. The molecule has 3 rings (SSSR count). The third-order valence-corrected chi connectivity index (χ3v) is 5.13. The maximum atomic E-state index is 12.5. The smallest absolute Gasteiger partial charge is 0.273 e. The van der Waals surface area contributed by atoms with Crippen LogP contribution in [0.4, 0.5) is 5.69 Å². The van der Waals surface area contributed by atoms with E-state index in [1.807, 2.05) is 0 Å². The standard InChI is InChI=1S/C16H17N3O4S/c1-10(20)12-6-7-18(8-12)16(21)14-9-24-15(17-14)11-2-4-13(5-3-11)19(22)23/h2-5,9-10,12,20H,6-8H2,1H3. The molecule has 1 N–H and O–H groups in total. The third kappa shape index (κ3) is 3.29. The number of non-ortho nitro benzene ring substituents is 1. The summed E-state index contributed by atoms with van der Waals surface area (Å²) in [6, 6.07) is 6.10. The van der Waals surface area contributed by atoms with Crippen molar-refractivity contribution in [3.8, 4) is 10.6 Å². The van der Waals surface area contributed by atoms with Gasteiger partial charge >= 0.3 is 0 Å². The summed E-state index contributed by atoms with van der Waals surface area (Å²) in [6.45, 7) is 2.91. The van der Waals surface area contributed by atoms with E-state index >= 15 is 0 Å². The Morgan fingerprint density at radius 3 is 2.75 bits per heavy atom. The first-order valence-corrected chi connectivity index (χ1v) is 8.51. The molecule has 2 unspecified atom stereocenters. The van der Waals surface area contributed by atoms with Crippen molar-refractivity contribution >= 4 is 22.9 Å². The van der Waals surface area contributed by atoms with Gasteiger partial charge in [-0.1, -0.05) is 0 Å². The summed E-state index contributed by atoms with van der Waals surface area (Å²) < 4.78 is 0. The highest BCUT2D eigenvalue weighted by Gasteiger charge is 2.30. The Morgan fingerprint density at radius 1 is 1.46 bits per heavy atom. The van der Waals surface area contributed by atoms with Gasteiger partial charge in [0.1, 0.15) is 10.7 Å². The highest BCUT2D eigenvalue weighted by Crippen LogP contribution is 2.27. The zero-order valence-corrected chi connectivity index (χ0v) is 13.9. The number of benzene rings is 1. The molecule has 1 aliphatic rings. The summed E-state index contributed by atoms with van der Waals surface area (Å²) in [5.74, 6) is -0.0238. The Balaban J connectivity index is 1.73. The molecule has 126 valence electrons. The van der Waals surface area contributed by atoms with Crippen LogP contribution in [0.3, 0.4) is 0 Å². The first kappa shape index (κ1) is 16.5. The quantitative estimate of drug-likeness (QED) is 0.677. The molecule has 0 saturated carbocycles. The second-order valence-corrected chi connectivity index (χ2v) is 6.74. The van der Waals surface area contributed by atoms with Crippen LogP contribution in [0.1, 0.15) is 23.8 Å². The highest BCUT2D eigenvalue weighted by molar-refractivity contribution is 7.13. The first-order chi connectivity index (χ1) is 11.5. The predicted octanol–water partition coefficient (Wildman–Crippen LogP) is 2.56. The minimum Gasteiger partial charge on any atom is -0.393 e. The van der Waals surface area contributed by atoms with Crippen LogP contribution in [0.25, 0.3) is 10.6 Å². The van der Waals surface area contributed by atoms with E-state index in [0.29, 0.717) is 23.8 Å². The van der Waals surface area contributed by atoms with E-state index in [4.69, 9.17) is 0 Å². The van der Waals surface area contributed by atoms with Gasteiger partial charge in [0.15, 0.2) is 0 Å². The van der Waals surface area contributed by atoms with Gasteiger partial charge in [-0.2, -0.15) is 0 Å². The Kier molecular flexibility index (Phi) is 4.59. The fourth-order valence-corrected chi connectivity index (χ4v) is 3.56. The summed E-state index contributed by atoms with van der Waals surface area (Å²) in [5, 5.41) is 22.7. The van der Waals surface area contributed by atoms with Gasteiger partial charge in [-0.3, -0.25) is 14.9 Å². The largest absolute Gasteiger partial charge is 0.393 e. The molecule has 0 bridgehead atoms. The van der Waals surface area contributed by atoms with Crippen LogP contribution in [0, 0.1) is 16.0 Å². The molecule has 1 amide bonds. The molecular weight excluding hydrogens is 330 g/mol. The van der Waals surface area contributed by atoms with Crippen LogP contribution < -0.4 is 0 Å². The molecule has 24 heavy (non-hydrogen) atoms. The van der Waals surface area contributed by atoms with Crippen molar-refractivity contribution in [2.24, 2.45) is 5.92 Å². The number of aromatic nitrogens is 1. The highest BCUT2D eigenvalue weighted by atomic mass is 32.1. The number of amides is 1. The zero-order valence-electron chi connectivity index (χ0n) is 13.1. The van der Waals surface area contributed by atoms with E-state index < -0.39 is 11.0 Å². The lowest BCUT2D eigenvalue weighted by molar-refractivity contribution is -0.384. The second-order valence-electron chi connectivity index (χ2n) is 5.88. The van der Waals surface area contributed by atoms with Gasteiger partial charge in [0, 0.05) is 42.1 Å². The van der Waals surface area contributed by atoms with E-state index in [2.05, 4.69) is 4.98 Å². The Morgan fingerprint density at radius 2 is 2.17 bits per heavy atom. The van der Waals surface area contributed by atoms with Gasteiger partial charge in [-0.05, 0) is 25.5 Å². The van der Waals surface area contributed by atoms with Gasteiger partial charge in [-0.15, -0.1) is 11.3 Å². The van der Waals surface area contributed by atoms with Crippen molar-refractivity contribution in [1.82, 2.24) is 9.88 Å². The van der Waals surface area contributed by atoms with Crippen LogP contribution in [0.5, 0.6) is 0 Å². The molecule has 0 radical (unpaired) electrons. The molecule has 0 aliphatic carbocycles. The lowest BCUT2D eigenvalue weighted by Gasteiger charge is -2.16. The zero-order chi connectivity index (χ0) is 17.3. The average Bonchev–Trinajstić information content (AvgIpc) is 3.24. The van der Waals surface area contributed by atoms with E-state index in [9.17, 15) is 20.0 Å². The van der Waals surface area contributed by atoms with Gasteiger partial charge in [0.2, 0.25) is 0 Å². The van der Waals surface area contributed by atoms with Gasteiger partial charge < -0.3 is 10.0 Å². The van der Waals surface area contributed by atoms with Crippen LogP contribution in [-0.2, 0) is 0 Å². The summed E-state index contributed by atoms with van der Waals surface area (Å²) >= 11 is 1.33. The van der Waals surface area contributed by atoms with Crippen molar-refractivity contribution in [2.45, 2.75) is 19.4 Å². The van der Waals surface area contributed by atoms with Crippen molar-refractivity contribution in [1.29, 1.82) is 0 Å². The number of aliphatic hydroxyl groups excluding tert-OH is 1. The summed E-state index contributed by atoms with van der Waals surface area (Å²) in [4.78, 5) is 28.8. The van der Waals surface area contributed by atoms with Gasteiger partial charge in [0.05, 0.1) is 11.0 Å². The predicted molar refractivity (Wildman–Crippen MR) is 89.9 cm³/mol. The van der Waals surface area contributed by atoms with Crippen LogP contribution in [0.15, 0.2) is 29.6 Å². The molecule has 1 aromatic carbocycles. The van der Waals surface area contributed by atoms with Gasteiger partial charge in [-0.25, -0.2) is 4.98 Å². The maximum absolute atomic E-state index is 12.5. The van der Waals surface area contributed by atoms with Crippen molar-refractivity contribution < 1.29 is 14.8 Å². The number of rotatable bonds is 4. The van der Waals surface area contributed by atoms with E-state index in [0.717, 1.165) is 12.0 Å². The maximum Gasteiger partial charge on any atom is 0.273 e. The number of hydrogen-bond acceptors (Lipinski definition) is 6. The van der Waals surface area contributed by atoms with Crippen LogP contribution in [0.2, 0.25) is 0 Å². The minimum absolute atomic E-state index is 0.0211. The number of nitrogens with zero attached hydrogens (tertiary/aromatic N) is 3. The average molecular weight is 347 g/mol. The SMILES string of the molecule is CC(O)C1CCN(C(=O)c2csc(-c3ccc([N+](=O)[O-])cc3)n2)C1. The van der Waals surface area contributed by atoms with E-state index in [-0.39, 0.29) is 17.5 Å². The fraction of sp³-hybridized carbons (Fsp3) is 0.375. The number of aliphatic hydroxyl groups is 1. The molecule has 1 aliphatic heterocycles. The van der Waals surface area contributed by atoms with Crippen LogP contribution in [-0.4, -0.2) is 45.0 Å². The number of thiazole rings is 1. The topological polar surface area (TPSA) is 96.6 Å². The molecule has 1 saturated heterocycles. The minimum atomic E-state index is -0.452. The Labute approximate surface area is 142 Å². The van der Waals surface area contributed by atoms with Gasteiger partial charge in [0.25, 0.3) is 11.6 Å². The first-order valence-electron chi connectivity index (χ1n) is 7.63. The third-order valence-electron chi connectivity index (χ3n) is 4.24. The molecule has 0 spiro atoms. The fourth-order valence-electron chi connectivity index (χ4n) is 2.76. The lowest BCUT2D eigenvalue weighted by atomic mass is 10.0. The second kappa shape index (κ2) is 6.66. The van der Waals surface area contributed by atoms with Crippen LogP contribution >= 0.6 is 11.3 Å². The molecule has 7 nitrogen and oxygen atoms in total. The molecule has 2 aromatic rings. The molecule has 1 aromatic heterocycles. The van der Waals surface area contributed by atoms with Crippen molar-refractivity contribution in [3.05, 3.63) is 45.5 Å². The lowest BCUT2D eigenvalue weighted by Crippen LogP contribution is -2.30.